The smallest absolute Gasteiger partial charge is 0.0900 e. The Labute approximate surface area is 108 Å². The molecule has 0 aliphatic carbocycles. The van der Waals surface area contributed by atoms with Crippen molar-refractivity contribution in [1.29, 1.82) is 0 Å². The molecule has 1 aliphatic rings. The number of nitrogens with zero attached hydrogens (tertiary/aromatic N) is 2. The van der Waals surface area contributed by atoms with Crippen molar-refractivity contribution in [1.82, 2.24) is 15.2 Å². The van der Waals surface area contributed by atoms with Crippen LogP contribution in [0.1, 0.15) is 41.9 Å². The fourth-order valence-corrected chi connectivity index (χ4v) is 3.59. The summed E-state index contributed by atoms with van der Waals surface area (Å²) in [7, 11) is 0. The van der Waals surface area contributed by atoms with Crippen LogP contribution in [0.15, 0.2) is 0 Å². The quantitative estimate of drug-likeness (QED) is 0.897. The van der Waals surface area contributed by atoms with E-state index in [1.807, 2.05) is 11.3 Å². The summed E-state index contributed by atoms with van der Waals surface area (Å²) in [6.07, 6.45) is 1.21. The van der Waals surface area contributed by atoms with Crippen molar-refractivity contribution in [2.24, 2.45) is 0 Å². The van der Waals surface area contributed by atoms with Crippen LogP contribution >= 0.6 is 11.3 Å². The van der Waals surface area contributed by atoms with Crippen molar-refractivity contribution in [2.45, 2.75) is 46.2 Å². The van der Waals surface area contributed by atoms with Crippen LogP contribution < -0.4 is 5.32 Å². The number of rotatable bonds is 3. The van der Waals surface area contributed by atoms with Gasteiger partial charge in [-0.25, -0.2) is 4.98 Å². The molecule has 17 heavy (non-hydrogen) atoms. The average Bonchev–Trinajstić information content (AvgIpc) is 2.67. The lowest BCUT2D eigenvalue weighted by Crippen LogP contribution is -2.50. The second-order valence-corrected chi connectivity index (χ2v) is 6.15. The van der Waals surface area contributed by atoms with E-state index < -0.39 is 0 Å². The summed E-state index contributed by atoms with van der Waals surface area (Å²) < 4.78 is 0. The van der Waals surface area contributed by atoms with Gasteiger partial charge in [-0.1, -0.05) is 6.92 Å². The van der Waals surface area contributed by atoms with Gasteiger partial charge in [-0.05, 0) is 27.2 Å². The van der Waals surface area contributed by atoms with E-state index in [4.69, 9.17) is 0 Å². The van der Waals surface area contributed by atoms with E-state index >= 15 is 0 Å². The lowest BCUT2D eigenvalue weighted by atomic mass is 10.1. The van der Waals surface area contributed by atoms with Crippen molar-refractivity contribution in [3.8, 4) is 0 Å². The monoisotopic (exact) mass is 253 g/mol. The number of piperazine rings is 1. The minimum absolute atomic E-state index is 0.511. The fraction of sp³-hybridized carbons (Fsp3) is 0.769. The molecule has 1 saturated heterocycles. The first-order chi connectivity index (χ1) is 8.11. The summed E-state index contributed by atoms with van der Waals surface area (Å²) >= 11 is 1.85. The molecule has 2 atom stereocenters. The molecule has 0 amide bonds. The normalized spacial score (nSPS) is 23.9. The topological polar surface area (TPSA) is 28.2 Å². The Morgan fingerprint density at radius 2 is 2.29 bits per heavy atom. The third-order valence-corrected chi connectivity index (χ3v) is 4.89. The molecule has 1 aromatic heterocycles. The van der Waals surface area contributed by atoms with Gasteiger partial charge in [0.05, 0.1) is 10.7 Å². The molecule has 2 unspecified atom stereocenters. The Morgan fingerprint density at radius 1 is 1.53 bits per heavy atom. The van der Waals surface area contributed by atoms with Gasteiger partial charge in [0.2, 0.25) is 0 Å². The first-order valence-corrected chi connectivity index (χ1v) is 7.34. The van der Waals surface area contributed by atoms with E-state index in [0.29, 0.717) is 12.1 Å². The van der Waals surface area contributed by atoms with Crippen LogP contribution in [0.4, 0.5) is 0 Å². The minimum atomic E-state index is 0.511. The summed E-state index contributed by atoms with van der Waals surface area (Å²) in [5, 5.41) is 4.76. The van der Waals surface area contributed by atoms with Crippen LogP contribution in [0.5, 0.6) is 0 Å². The second-order valence-electron chi connectivity index (χ2n) is 4.91. The third-order valence-electron chi connectivity index (χ3n) is 3.65. The van der Waals surface area contributed by atoms with E-state index in [0.717, 1.165) is 19.6 Å². The molecule has 2 heterocycles. The van der Waals surface area contributed by atoms with Gasteiger partial charge < -0.3 is 5.32 Å². The predicted molar refractivity (Wildman–Crippen MR) is 73.7 cm³/mol. The lowest BCUT2D eigenvalue weighted by Gasteiger charge is -2.37. The van der Waals surface area contributed by atoms with Crippen molar-refractivity contribution in [3.05, 3.63) is 15.6 Å². The van der Waals surface area contributed by atoms with Gasteiger partial charge in [0.1, 0.15) is 0 Å². The summed E-state index contributed by atoms with van der Waals surface area (Å²) in [4.78, 5) is 8.57. The predicted octanol–water partition coefficient (Wildman–Crippen LogP) is 2.50. The summed E-state index contributed by atoms with van der Waals surface area (Å²) in [6.45, 7) is 12.2. The van der Waals surface area contributed by atoms with E-state index in [1.54, 1.807) is 0 Å². The molecule has 96 valence electrons. The van der Waals surface area contributed by atoms with Crippen LogP contribution in [0.2, 0.25) is 0 Å². The summed E-state index contributed by atoms with van der Waals surface area (Å²) in [6, 6.07) is 1.16. The van der Waals surface area contributed by atoms with Crippen LogP contribution in [0, 0.1) is 13.8 Å². The number of thiazole rings is 1. The van der Waals surface area contributed by atoms with Crippen LogP contribution in [0.3, 0.4) is 0 Å². The minimum Gasteiger partial charge on any atom is -0.311 e. The maximum Gasteiger partial charge on any atom is 0.0900 e. The summed E-state index contributed by atoms with van der Waals surface area (Å²) in [5.41, 5.74) is 1.21. The van der Waals surface area contributed by atoms with Crippen LogP contribution in [-0.2, 0) is 0 Å². The van der Waals surface area contributed by atoms with Gasteiger partial charge in [0.15, 0.2) is 0 Å². The molecule has 1 N–H and O–H groups in total. The lowest BCUT2D eigenvalue weighted by molar-refractivity contribution is 0.152. The molecule has 2 rings (SSSR count). The third kappa shape index (κ3) is 2.87. The highest BCUT2D eigenvalue weighted by atomic mass is 32.1. The maximum absolute atomic E-state index is 4.54. The fourth-order valence-electron chi connectivity index (χ4n) is 2.58. The molecule has 0 spiro atoms. The van der Waals surface area contributed by atoms with E-state index in [1.165, 1.54) is 22.0 Å². The Hall–Kier alpha value is -0.450. The van der Waals surface area contributed by atoms with Crippen molar-refractivity contribution in [3.63, 3.8) is 0 Å². The van der Waals surface area contributed by atoms with Crippen molar-refractivity contribution in [2.75, 3.05) is 19.6 Å². The highest BCUT2D eigenvalue weighted by molar-refractivity contribution is 7.11. The average molecular weight is 253 g/mol. The molecule has 1 aliphatic heterocycles. The van der Waals surface area contributed by atoms with E-state index in [2.05, 4.69) is 42.9 Å². The Bertz CT molecular complexity index is 375. The van der Waals surface area contributed by atoms with Crippen molar-refractivity contribution >= 4 is 11.3 Å². The molecular formula is C13H23N3S. The SMILES string of the molecule is CCC1CN(C(C)c2sc(C)nc2C)CCN1. The van der Waals surface area contributed by atoms with E-state index in [-0.39, 0.29) is 0 Å². The Kier molecular flexibility index (Phi) is 4.17. The molecule has 0 aromatic carbocycles. The highest BCUT2D eigenvalue weighted by Gasteiger charge is 2.25. The zero-order valence-electron chi connectivity index (χ0n) is 11.3. The standard InChI is InChI=1S/C13H23N3S/c1-5-12-8-16(7-6-14-12)10(3)13-9(2)15-11(4)17-13/h10,12,14H,5-8H2,1-4H3. The van der Waals surface area contributed by atoms with Gasteiger partial charge in [0.25, 0.3) is 0 Å². The number of nitrogens with one attached hydrogen (secondary N) is 1. The van der Waals surface area contributed by atoms with E-state index in [9.17, 15) is 0 Å². The number of aromatic nitrogens is 1. The molecule has 1 fully saturated rings. The van der Waals surface area contributed by atoms with Crippen LogP contribution in [-0.4, -0.2) is 35.6 Å². The Balaban J connectivity index is 2.08. The van der Waals surface area contributed by atoms with Gasteiger partial charge in [-0.15, -0.1) is 11.3 Å². The number of hydrogen-bond donors (Lipinski definition) is 1. The van der Waals surface area contributed by atoms with Crippen molar-refractivity contribution < 1.29 is 0 Å². The molecule has 0 bridgehead atoms. The molecule has 4 heteroatoms. The first kappa shape index (κ1) is 13.0. The highest BCUT2D eigenvalue weighted by Crippen LogP contribution is 2.29. The maximum atomic E-state index is 4.54. The van der Waals surface area contributed by atoms with Gasteiger partial charge in [0, 0.05) is 36.6 Å². The molecule has 1 aromatic rings. The molecule has 0 saturated carbocycles. The molecule has 3 nitrogen and oxygen atoms in total. The second kappa shape index (κ2) is 5.46. The van der Waals surface area contributed by atoms with Gasteiger partial charge in [-0.2, -0.15) is 0 Å². The number of aryl methyl sites for hydroxylation is 2. The van der Waals surface area contributed by atoms with Crippen LogP contribution in [0.25, 0.3) is 0 Å². The molecule has 0 radical (unpaired) electrons. The first-order valence-electron chi connectivity index (χ1n) is 6.53. The largest absolute Gasteiger partial charge is 0.311 e. The number of hydrogen-bond acceptors (Lipinski definition) is 4. The van der Waals surface area contributed by atoms with Gasteiger partial charge in [-0.3, -0.25) is 4.90 Å². The van der Waals surface area contributed by atoms with Gasteiger partial charge >= 0.3 is 0 Å². The zero-order valence-corrected chi connectivity index (χ0v) is 12.1. The Morgan fingerprint density at radius 3 is 2.88 bits per heavy atom. The summed E-state index contributed by atoms with van der Waals surface area (Å²) in [5.74, 6) is 0. The zero-order chi connectivity index (χ0) is 12.4. The molecular weight excluding hydrogens is 230 g/mol.